The monoisotopic (exact) mass is 549 g/mol. The van der Waals surface area contributed by atoms with E-state index >= 15 is 0 Å². The molecule has 4 rings (SSSR count). The zero-order chi connectivity index (χ0) is 28.0. The number of aryl methyl sites for hydroxylation is 1. The summed E-state index contributed by atoms with van der Waals surface area (Å²) in [4.78, 5) is 28.0. The van der Waals surface area contributed by atoms with Gasteiger partial charge in [0.15, 0.2) is 6.10 Å². The maximum absolute atomic E-state index is 13.3. The van der Waals surface area contributed by atoms with Gasteiger partial charge in [0.2, 0.25) is 15.9 Å². The molecule has 1 heterocycles. The van der Waals surface area contributed by atoms with Crippen molar-refractivity contribution in [1.82, 2.24) is 10.0 Å². The standard InChI is InChI=1S/C30H35N3O5S/c1-30(2,3)32-39(36,37)24-16-13-23(14-17-24)15-18-28(34)33-21-27(38-26-12-8-7-11-25(26)33)29(35)31-20-19-22-9-5-4-6-10-22/h4-14,16-17,27,32H,15,18-21H2,1-3H3,(H,31,35)/t27-/m1/s1. The number of benzene rings is 3. The molecule has 9 heteroatoms. The Morgan fingerprint density at radius 1 is 0.897 bits per heavy atom. The molecule has 2 N–H and O–H groups in total. The molecule has 1 aliphatic rings. The minimum Gasteiger partial charge on any atom is -0.477 e. The Balaban J connectivity index is 1.38. The number of ether oxygens (including phenoxy) is 1. The first-order valence-corrected chi connectivity index (χ1v) is 14.5. The van der Waals surface area contributed by atoms with Gasteiger partial charge in [-0.05, 0) is 69.0 Å². The van der Waals surface area contributed by atoms with Crippen LogP contribution in [0, 0.1) is 0 Å². The summed E-state index contributed by atoms with van der Waals surface area (Å²) < 4.78 is 33.7. The Kier molecular flexibility index (Phi) is 8.72. The Morgan fingerprint density at radius 2 is 1.54 bits per heavy atom. The highest BCUT2D eigenvalue weighted by molar-refractivity contribution is 7.89. The normalized spacial score (nSPS) is 15.3. The zero-order valence-electron chi connectivity index (χ0n) is 22.5. The van der Waals surface area contributed by atoms with E-state index in [9.17, 15) is 18.0 Å². The maximum Gasteiger partial charge on any atom is 0.262 e. The summed E-state index contributed by atoms with van der Waals surface area (Å²) in [6.45, 7) is 5.94. The second kappa shape index (κ2) is 12.0. The van der Waals surface area contributed by atoms with Crippen molar-refractivity contribution in [3.8, 4) is 5.75 Å². The van der Waals surface area contributed by atoms with Crippen molar-refractivity contribution in [1.29, 1.82) is 0 Å². The van der Waals surface area contributed by atoms with Gasteiger partial charge in [-0.2, -0.15) is 0 Å². The number of carbonyl (C=O) groups is 2. The second-order valence-corrected chi connectivity index (χ2v) is 12.3. The molecule has 3 aromatic carbocycles. The molecule has 2 amide bonds. The molecule has 0 unspecified atom stereocenters. The number of nitrogens with one attached hydrogen (secondary N) is 2. The summed E-state index contributed by atoms with van der Waals surface area (Å²) in [7, 11) is -3.63. The molecule has 0 aliphatic carbocycles. The first kappa shape index (κ1) is 28.3. The lowest BCUT2D eigenvalue weighted by Gasteiger charge is -2.34. The third kappa shape index (κ3) is 7.68. The van der Waals surface area contributed by atoms with Gasteiger partial charge in [0.25, 0.3) is 5.91 Å². The third-order valence-electron chi connectivity index (χ3n) is 6.22. The molecule has 206 valence electrons. The van der Waals surface area contributed by atoms with E-state index in [4.69, 9.17) is 4.74 Å². The van der Waals surface area contributed by atoms with Crippen LogP contribution in [0.2, 0.25) is 0 Å². The molecule has 0 radical (unpaired) electrons. The average Bonchev–Trinajstić information content (AvgIpc) is 2.90. The molecule has 0 aromatic heterocycles. The lowest BCUT2D eigenvalue weighted by Crippen LogP contribution is -2.51. The molecule has 0 saturated carbocycles. The second-order valence-electron chi connectivity index (χ2n) is 10.6. The lowest BCUT2D eigenvalue weighted by molar-refractivity contribution is -0.128. The van der Waals surface area contributed by atoms with Crippen molar-refractivity contribution < 1.29 is 22.7 Å². The Morgan fingerprint density at radius 3 is 2.23 bits per heavy atom. The molecule has 39 heavy (non-hydrogen) atoms. The van der Waals surface area contributed by atoms with Gasteiger partial charge in [0, 0.05) is 18.5 Å². The fraction of sp³-hybridized carbons (Fsp3) is 0.333. The fourth-order valence-corrected chi connectivity index (χ4v) is 5.80. The fourth-order valence-electron chi connectivity index (χ4n) is 4.38. The number of para-hydroxylation sites is 2. The summed E-state index contributed by atoms with van der Waals surface area (Å²) >= 11 is 0. The highest BCUT2D eigenvalue weighted by atomic mass is 32.2. The SMILES string of the molecule is CC(C)(C)NS(=O)(=O)c1ccc(CCC(=O)N2C[C@H](C(=O)NCCc3ccccc3)Oc3ccccc32)cc1. The van der Waals surface area contributed by atoms with Crippen LogP contribution in [-0.2, 0) is 32.5 Å². The van der Waals surface area contributed by atoms with Crippen LogP contribution >= 0.6 is 0 Å². The van der Waals surface area contributed by atoms with Gasteiger partial charge < -0.3 is 15.0 Å². The van der Waals surface area contributed by atoms with Crippen LogP contribution in [0.1, 0.15) is 38.3 Å². The predicted molar refractivity (Wildman–Crippen MR) is 151 cm³/mol. The van der Waals surface area contributed by atoms with Crippen LogP contribution in [0.3, 0.4) is 0 Å². The molecule has 3 aromatic rings. The van der Waals surface area contributed by atoms with Crippen LogP contribution < -0.4 is 19.7 Å². The molecule has 1 aliphatic heterocycles. The van der Waals surface area contributed by atoms with Crippen LogP contribution in [0.25, 0.3) is 0 Å². The minimum atomic E-state index is -3.63. The topological polar surface area (TPSA) is 105 Å². The quantitative estimate of drug-likeness (QED) is 0.422. The summed E-state index contributed by atoms with van der Waals surface area (Å²) in [6, 6.07) is 23.6. The van der Waals surface area contributed by atoms with Crippen molar-refractivity contribution >= 4 is 27.5 Å². The van der Waals surface area contributed by atoms with Crippen LogP contribution in [-0.4, -0.2) is 45.0 Å². The summed E-state index contributed by atoms with van der Waals surface area (Å²) in [6.07, 6.45) is 0.507. The molecule has 0 fully saturated rings. The van der Waals surface area contributed by atoms with Gasteiger partial charge >= 0.3 is 0 Å². The van der Waals surface area contributed by atoms with Gasteiger partial charge in [0.05, 0.1) is 17.1 Å². The number of rotatable bonds is 9. The summed E-state index contributed by atoms with van der Waals surface area (Å²) in [5.74, 6) is 0.0825. The smallest absolute Gasteiger partial charge is 0.262 e. The van der Waals surface area contributed by atoms with Crippen molar-refractivity contribution in [3.63, 3.8) is 0 Å². The molecule has 8 nitrogen and oxygen atoms in total. The van der Waals surface area contributed by atoms with Crippen molar-refractivity contribution in [3.05, 3.63) is 90.0 Å². The lowest BCUT2D eigenvalue weighted by atomic mass is 10.1. The van der Waals surface area contributed by atoms with Gasteiger partial charge in [0.1, 0.15) is 5.75 Å². The highest BCUT2D eigenvalue weighted by Gasteiger charge is 2.33. The average molecular weight is 550 g/mol. The minimum absolute atomic E-state index is 0.114. The van der Waals surface area contributed by atoms with E-state index in [1.807, 2.05) is 36.4 Å². The van der Waals surface area contributed by atoms with Gasteiger partial charge in [-0.15, -0.1) is 0 Å². The van der Waals surface area contributed by atoms with Crippen LogP contribution in [0.5, 0.6) is 5.75 Å². The van der Waals surface area contributed by atoms with E-state index in [1.54, 1.807) is 68.1 Å². The molecular formula is C30H35N3O5S. The van der Waals surface area contributed by atoms with E-state index in [0.29, 0.717) is 30.8 Å². The van der Waals surface area contributed by atoms with Crippen LogP contribution in [0.15, 0.2) is 83.8 Å². The summed E-state index contributed by atoms with van der Waals surface area (Å²) in [5.41, 5.74) is 2.01. The van der Waals surface area contributed by atoms with Gasteiger partial charge in [-0.3, -0.25) is 9.59 Å². The number of sulfonamides is 1. The first-order chi connectivity index (χ1) is 18.5. The Labute approximate surface area is 230 Å². The Bertz CT molecular complexity index is 1400. The van der Waals surface area contributed by atoms with E-state index < -0.39 is 21.7 Å². The van der Waals surface area contributed by atoms with E-state index in [-0.39, 0.29) is 29.7 Å². The number of hydrogen-bond donors (Lipinski definition) is 2. The first-order valence-electron chi connectivity index (χ1n) is 13.0. The van der Waals surface area contributed by atoms with E-state index in [2.05, 4.69) is 10.0 Å². The zero-order valence-corrected chi connectivity index (χ0v) is 23.3. The van der Waals surface area contributed by atoms with Crippen molar-refractivity contribution in [2.45, 2.75) is 56.6 Å². The third-order valence-corrected chi connectivity index (χ3v) is 8.00. The number of carbonyl (C=O) groups excluding carboxylic acids is 2. The van der Waals surface area contributed by atoms with Crippen LogP contribution in [0.4, 0.5) is 5.69 Å². The molecule has 0 saturated heterocycles. The Hall–Kier alpha value is -3.69. The van der Waals surface area contributed by atoms with Gasteiger partial charge in [-0.1, -0.05) is 54.6 Å². The summed E-state index contributed by atoms with van der Waals surface area (Å²) in [5, 5.41) is 2.92. The predicted octanol–water partition coefficient (Wildman–Crippen LogP) is 3.85. The maximum atomic E-state index is 13.3. The van der Waals surface area contributed by atoms with Crippen molar-refractivity contribution in [2.75, 3.05) is 18.0 Å². The highest BCUT2D eigenvalue weighted by Crippen LogP contribution is 2.33. The number of hydrogen-bond acceptors (Lipinski definition) is 5. The number of fused-ring (bicyclic) bond motifs is 1. The number of anilines is 1. The number of amides is 2. The number of nitrogens with zero attached hydrogens (tertiary/aromatic N) is 1. The molecule has 1 atom stereocenters. The molecular weight excluding hydrogens is 514 g/mol. The van der Waals surface area contributed by atoms with E-state index in [1.165, 1.54) is 0 Å². The molecule has 0 spiro atoms. The molecule has 0 bridgehead atoms. The van der Waals surface area contributed by atoms with Crippen molar-refractivity contribution in [2.24, 2.45) is 0 Å². The van der Waals surface area contributed by atoms with Gasteiger partial charge in [-0.25, -0.2) is 13.1 Å². The largest absolute Gasteiger partial charge is 0.477 e. The van der Waals surface area contributed by atoms with E-state index in [0.717, 1.165) is 11.1 Å².